The van der Waals surface area contributed by atoms with E-state index in [9.17, 15) is 24.8 Å². The van der Waals surface area contributed by atoms with E-state index in [0.717, 1.165) is 10.1 Å². The fourth-order valence-corrected chi connectivity index (χ4v) is 8.84. The van der Waals surface area contributed by atoms with Gasteiger partial charge < -0.3 is 15.4 Å². The second kappa shape index (κ2) is 12.1. The molecule has 3 rings (SSSR count). The monoisotopic (exact) mass is 586 g/mol. The van der Waals surface area contributed by atoms with Crippen molar-refractivity contribution in [3.05, 3.63) is 0 Å². The van der Waals surface area contributed by atoms with Gasteiger partial charge >= 0.3 is 5.97 Å². The Morgan fingerprint density at radius 2 is 1.21 bits per heavy atom. The van der Waals surface area contributed by atoms with Gasteiger partial charge in [-0.25, -0.2) is 4.79 Å². The zero-order valence-electron chi connectivity index (χ0n) is 24.6. The third kappa shape index (κ3) is 7.82. The van der Waals surface area contributed by atoms with E-state index in [-0.39, 0.29) is 36.3 Å². The van der Waals surface area contributed by atoms with E-state index in [1.165, 1.54) is 0 Å². The van der Waals surface area contributed by atoms with Crippen LogP contribution in [0, 0.1) is 11.8 Å². The average Bonchev–Trinajstić information content (AvgIpc) is 2.81. The van der Waals surface area contributed by atoms with Crippen LogP contribution < -0.4 is 10.6 Å². The molecule has 10 nitrogen and oxygen atoms in total. The lowest BCUT2D eigenvalue weighted by atomic mass is 9.75. The zero-order valence-corrected chi connectivity index (χ0v) is 26.3. The second-order valence-corrected chi connectivity index (χ2v) is 16.5. The number of carbonyl (C=O) groups excluding carboxylic acids is 3. The standard InChI is InChI=1S/C27H46N4O6S2/c1-24(2)11-17(12-25(3,4)30(24)35)21(32)28-19-15-37-23(34)20(9-10-38-39-16-19)29-22(33)18-13-26(5,6)31(36)27(7,8)14-18/h17-20H,9-16H2,1-8H3,(H,28,32)(H,29,33). The molecule has 3 saturated heterocycles. The highest BCUT2D eigenvalue weighted by Gasteiger charge is 2.49. The number of hydroxylamine groups is 4. The molecule has 222 valence electrons. The van der Waals surface area contributed by atoms with Gasteiger partial charge in [0, 0.05) is 45.5 Å². The van der Waals surface area contributed by atoms with Gasteiger partial charge in [0.05, 0.1) is 6.04 Å². The van der Waals surface area contributed by atoms with E-state index in [2.05, 4.69) is 10.6 Å². The highest BCUT2D eigenvalue weighted by molar-refractivity contribution is 8.76. The summed E-state index contributed by atoms with van der Waals surface area (Å²) in [6, 6.07) is -1.17. The number of amides is 2. The molecule has 0 aromatic carbocycles. The molecule has 2 atom stereocenters. The summed E-state index contributed by atoms with van der Waals surface area (Å²) in [5.74, 6) is -0.376. The Morgan fingerprint density at radius 3 is 1.67 bits per heavy atom. The molecule has 2 unspecified atom stereocenters. The maximum absolute atomic E-state index is 13.2. The lowest BCUT2D eigenvalue weighted by molar-refractivity contribution is -0.292. The van der Waals surface area contributed by atoms with Gasteiger partial charge in [-0.2, -0.15) is 0 Å². The summed E-state index contributed by atoms with van der Waals surface area (Å²) in [6.07, 6.45) is 2.15. The summed E-state index contributed by atoms with van der Waals surface area (Å²) >= 11 is 0. The molecule has 2 amide bonds. The van der Waals surface area contributed by atoms with Gasteiger partial charge in [-0.05, 0) is 87.5 Å². The molecule has 0 aromatic rings. The predicted molar refractivity (Wildman–Crippen MR) is 151 cm³/mol. The zero-order chi connectivity index (χ0) is 29.4. The van der Waals surface area contributed by atoms with Crippen LogP contribution >= 0.6 is 21.6 Å². The minimum atomic E-state index is -0.792. The summed E-state index contributed by atoms with van der Waals surface area (Å²) < 4.78 is 5.61. The van der Waals surface area contributed by atoms with Crippen LogP contribution in [0.4, 0.5) is 0 Å². The Labute approximate surface area is 241 Å². The van der Waals surface area contributed by atoms with Crippen LogP contribution in [0.15, 0.2) is 0 Å². The molecule has 0 aromatic heterocycles. The molecule has 0 saturated carbocycles. The molecule has 39 heavy (non-hydrogen) atoms. The fraction of sp³-hybridized carbons (Fsp3) is 0.889. The minimum Gasteiger partial charge on any atom is -0.462 e. The van der Waals surface area contributed by atoms with Crippen LogP contribution in [-0.2, 0) is 29.5 Å². The Balaban J connectivity index is 1.60. The summed E-state index contributed by atoms with van der Waals surface area (Å²) in [6.45, 7) is 14.8. The number of hydrogen-bond donors (Lipinski definition) is 2. The predicted octanol–water partition coefficient (Wildman–Crippen LogP) is 3.51. The summed E-state index contributed by atoms with van der Waals surface area (Å²) in [7, 11) is 3.19. The molecule has 2 radical (unpaired) electrons. The van der Waals surface area contributed by atoms with Crippen molar-refractivity contribution in [1.82, 2.24) is 20.8 Å². The van der Waals surface area contributed by atoms with Crippen molar-refractivity contribution in [2.75, 3.05) is 18.1 Å². The van der Waals surface area contributed by atoms with Gasteiger partial charge in [0.15, 0.2) is 0 Å². The number of cyclic esters (lactones) is 1. The number of piperidine rings is 2. The first-order valence-corrected chi connectivity index (χ1v) is 16.3. The van der Waals surface area contributed by atoms with Crippen molar-refractivity contribution in [2.45, 2.75) is 122 Å². The fourth-order valence-electron chi connectivity index (χ4n) is 6.52. The van der Waals surface area contributed by atoms with E-state index in [1.807, 2.05) is 55.4 Å². The third-order valence-corrected chi connectivity index (χ3v) is 10.7. The Bertz CT molecular complexity index is 892. The first kappa shape index (κ1) is 32.5. The van der Waals surface area contributed by atoms with E-state index >= 15 is 0 Å². The largest absolute Gasteiger partial charge is 0.462 e. The van der Waals surface area contributed by atoms with Crippen molar-refractivity contribution in [3.63, 3.8) is 0 Å². The number of esters is 1. The van der Waals surface area contributed by atoms with Gasteiger partial charge in [-0.1, -0.05) is 21.6 Å². The van der Waals surface area contributed by atoms with Crippen LogP contribution in [-0.4, -0.2) is 80.3 Å². The van der Waals surface area contributed by atoms with Gasteiger partial charge in [0.1, 0.15) is 12.6 Å². The van der Waals surface area contributed by atoms with Crippen LogP contribution in [0.3, 0.4) is 0 Å². The van der Waals surface area contributed by atoms with Crippen molar-refractivity contribution in [1.29, 1.82) is 0 Å². The van der Waals surface area contributed by atoms with Crippen LogP contribution in [0.25, 0.3) is 0 Å². The topological polar surface area (TPSA) is 131 Å². The number of carbonyl (C=O) groups is 3. The first-order valence-electron chi connectivity index (χ1n) is 13.8. The molecule has 3 fully saturated rings. The Morgan fingerprint density at radius 1 is 0.769 bits per heavy atom. The quantitative estimate of drug-likeness (QED) is 0.378. The maximum atomic E-state index is 13.2. The minimum absolute atomic E-state index is 0.00627. The van der Waals surface area contributed by atoms with Crippen molar-refractivity contribution < 1.29 is 29.5 Å². The SMILES string of the molecule is CC1(C)CC(C(=O)NC2COC(=O)C(NC(=O)C3CC(C)(C)N([O])C(C)(C)C3)CCSSC2)CC(C)(C)N1[O]. The average molecular weight is 587 g/mol. The Hall–Kier alpha value is -1.05. The van der Waals surface area contributed by atoms with E-state index in [4.69, 9.17) is 4.74 Å². The van der Waals surface area contributed by atoms with Gasteiger partial charge in [-0.15, -0.1) is 20.5 Å². The Kier molecular flexibility index (Phi) is 10.0. The van der Waals surface area contributed by atoms with E-state index in [1.54, 1.807) is 21.6 Å². The molecular formula is C27H46N4O6S2. The molecule has 0 spiro atoms. The van der Waals surface area contributed by atoms with Gasteiger partial charge in [0.2, 0.25) is 11.8 Å². The number of hydrogen-bond acceptors (Lipinski definition) is 8. The molecule has 0 aliphatic carbocycles. The molecular weight excluding hydrogens is 540 g/mol. The summed E-state index contributed by atoms with van der Waals surface area (Å²) in [4.78, 5) is 39.5. The number of rotatable bonds is 4. The van der Waals surface area contributed by atoms with E-state index < -0.39 is 34.2 Å². The smallest absolute Gasteiger partial charge is 0.328 e. The normalized spacial score (nSPS) is 30.7. The second-order valence-electron chi connectivity index (χ2n) is 13.8. The molecule has 3 aliphatic heterocycles. The number of nitrogens with zero attached hydrogens (tertiary/aromatic N) is 2. The summed E-state index contributed by atoms with van der Waals surface area (Å²) in [5, 5.41) is 33.5. The maximum Gasteiger partial charge on any atom is 0.328 e. The lowest BCUT2D eigenvalue weighted by Crippen LogP contribution is -2.61. The first-order chi connectivity index (χ1) is 17.9. The molecule has 0 bridgehead atoms. The van der Waals surface area contributed by atoms with Gasteiger partial charge in [0.25, 0.3) is 0 Å². The van der Waals surface area contributed by atoms with Crippen molar-refractivity contribution in [3.8, 4) is 0 Å². The number of nitrogens with one attached hydrogen (secondary N) is 2. The van der Waals surface area contributed by atoms with E-state index in [0.29, 0.717) is 43.6 Å². The van der Waals surface area contributed by atoms with Crippen LogP contribution in [0.1, 0.15) is 87.5 Å². The van der Waals surface area contributed by atoms with Crippen LogP contribution in [0.2, 0.25) is 0 Å². The van der Waals surface area contributed by atoms with Crippen molar-refractivity contribution in [2.24, 2.45) is 11.8 Å². The molecule has 3 heterocycles. The molecule has 3 aliphatic rings. The molecule has 12 heteroatoms. The van der Waals surface area contributed by atoms with Crippen molar-refractivity contribution >= 4 is 39.4 Å². The lowest BCUT2D eigenvalue weighted by Gasteiger charge is -2.49. The summed E-state index contributed by atoms with van der Waals surface area (Å²) in [5.41, 5.74) is -2.69. The highest BCUT2D eigenvalue weighted by Crippen LogP contribution is 2.41. The molecule has 2 N–H and O–H groups in total. The van der Waals surface area contributed by atoms with Gasteiger partial charge in [-0.3, -0.25) is 9.59 Å². The van der Waals surface area contributed by atoms with Crippen LogP contribution in [0.5, 0.6) is 0 Å². The number of ether oxygens (including phenoxy) is 1. The highest BCUT2D eigenvalue weighted by atomic mass is 33.1. The third-order valence-electron chi connectivity index (χ3n) is 8.14.